The van der Waals surface area contributed by atoms with Crippen LogP contribution in [-0.2, 0) is 16.0 Å². The molecule has 4 heteroatoms. The highest BCUT2D eigenvalue weighted by Gasteiger charge is 2.07. The number of methoxy groups -OCH3 is 1. The summed E-state index contributed by atoms with van der Waals surface area (Å²) in [6.45, 7) is 2.44. The van der Waals surface area contributed by atoms with Crippen molar-refractivity contribution in [3.8, 4) is 0 Å². The van der Waals surface area contributed by atoms with E-state index in [1.54, 1.807) is 0 Å². The van der Waals surface area contributed by atoms with Gasteiger partial charge in [-0.3, -0.25) is 4.79 Å². The Morgan fingerprint density at radius 3 is 2.94 bits per heavy atom. The van der Waals surface area contributed by atoms with Crippen LogP contribution in [0.2, 0.25) is 0 Å². The molecule has 0 aliphatic heterocycles. The maximum Gasteiger partial charge on any atom is 0.224 e. The van der Waals surface area contributed by atoms with Crippen LogP contribution in [0.1, 0.15) is 11.1 Å². The van der Waals surface area contributed by atoms with Crippen molar-refractivity contribution in [2.75, 3.05) is 20.3 Å². The number of benzene rings is 1. The third-order valence-corrected chi connectivity index (χ3v) is 2.34. The zero-order valence-corrected chi connectivity index (χ0v) is 10.3. The van der Waals surface area contributed by atoms with Crippen LogP contribution in [0.25, 0.3) is 0 Å². The molecule has 0 aliphatic rings. The van der Waals surface area contributed by atoms with Gasteiger partial charge in [0.15, 0.2) is 0 Å². The molecule has 2 N–H and O–H groups in total. The van der Waals surface area contributed by atoms with E-state index in [4.69, 9.17) is 4.74 Å². The van der Waals surface area contributed by atoms with E-state index in [1.165, 1.54) is 7.11 Å². The minimum absolute atomic E-state index is 0.0919. The fraction of sp³-hybridized carbons (Fsp3) is 0.462. The van der Waals surface area contributed by atoms with Gasteiger partial charge >= 0.3 is 0 Å². The van der Waals surface area contributed by atoms with Gasteiger partial charge in [-0.2, -0.15) is 0 Å². The van der Waals surface area contributed by atoms with E-state index in [9.17, 15) is 9.90 Å². The highest BCUT2D eigenvalue weighted by molar-refractivity contribution is 5.78. The van der Waals surface area contributed by atoms with Gasteiger partial charge < -0.3 is 15.2 Å². The number of ether oxygens (including phenoxy) is 1. The molecule has 1 aromatic carbocycles. The zero-order chi connectivity index (χ0) is 12.7. The first kappa shape index (κ1) is 13.7. The lowest BCUT2D eigenvalue weighted by Gasteiger charge is -2.10. The Morgan fingerprint density at radius 2 is 2.29 bits per heavy atom. The monoisotopic (exact) mass is 237 g/mol. The molecule has 17 heavy (non-hydrogen) atoms. The van der Waals surface area contributed by atoms with Crippen molar-refractivity contribution in [2.45, 2.75) is 19.4 Å². The number of nitrogens with one attached hydrogen (secondary N) is 1. The van der Waals surface area contributed by atoms with Crippen LogP contribution in [0.15, 0.2) is 24.3 Å². The Kier molecular flexibility index (Phi) is 5.66. The summed E-state index contributed by atoms with van der Waals surface area (Å²) in [5, 5.41) is 12.0. The Bertz CT molecular complexity index is 365. The van der Waals surface area contributed by atoms with Gasteiger partial charge in [-0.05, 0) is 12.5 Å². The van der Waals surface area contributed by atoms with Crippen LogP contribution in [0.4, 0.5) is 0 Å². The maximum absolute atomic E-state index is 11.6. The minimum atomic E-state index is -0.651. The fourth-order valence-electron chi connectivity index (χ4n) is 1.55. The number of carbonyl (C=O) groups excluding carboxylic acids is 1. The molecule has 0 heterocycles. The summed E-state index contributed by atoms with van der Waals surface area (Å²) in [6.07, 6.45) is -0.317. The van der Waals surface area contributed by atoms with E-state index in [0.29, 0.717) is 6.42 Å². The number of aliphatic hydroxyl groups is 1. The first-order valence-corrected chi connectivity index (χ1v) is 5.61. The first-order valence-electron chi connectivity index (χ1n) is 5.61. The van der Waals surface area contributed by atoms with Gasteiger partial charge in [-0.25, -0.2) is 0 Å². The summed E-state index contributed by atoms with van der Waals surface area (Å²) in [7, 11) is 1.51. The van der Waals surface area contributed by atoms with Gasteiger partial charge in [0, 0.05) is 13.7 Å². The van der Waals surface area contributed by atoms with Crippen molar-refractivity contribution in [3.63, 3.8) is 0 Å². The number of hydrogen-bond acceptors (Lipinski definition) is 3. The molecule has 0 spiro atoms. The first-order chi connectivity index (χ1) is 8.11. The van der Waals surface area contributed by atoms with Crippen LogP contribution in [0.3, 0.4) is 0 Å². The minimum Gasteiger partial charge on any atom is -0.389 e. The molecule has 0 aliphatic carbocycles. The van der Waals surface area contributed by atoms with E-state index in [2.05, 4.69) is 5.32 Å². The van der Waals surface area contributed by atoms with E-state index in [-0.39, 0.29) is 19.1 Å². The summed E-state index contributed by atoms with van der Waals surface area (Å²) < 4.78 is 4.77. The van der Waals surface area contributed by atoms with Crippen LogP contribution in [0, 0.1) is 6.92 Å². The lowest BCUT2D eigenvalue weighted by Crippen LogP contribution is -2.35. The molecule has 1 rings (SSSR count). The molecule has 0 saturated carbocycles. The van der Waals surface area contributed by atoms with Gasteiger partial charge in [0.1, 0.15) is 0 Å². The topological polar surface area (TPSA) is 58.6 Å². The summed E-state index contributed by atoms with van der Waals surface area (Å²) >= 11 is 0. The molecule has 0 fully saturated rings. The Morgan fingerprint density at radius 1 is 1.53 bits per heavy atom. The van der Waals surface area contributed by atoms with Crippen LogP contribution >= 0.6 is 0 Å². The number of amides is 1. The predicted octanol–water partition coefficient (Wildman–Crippen LogP) is 0.661. The number of carbonyl (C=O) groups is 1. The lowest BCUT2D eigenvalue weighted by molar-refractivity contribution is -0.121. The highest BCUT2D eigenvalue weighted by atomic mass is 16.5. The van der Waals surface area contributed by atoms with Crippen molar-refractivity contribution >= 4 is 5.91 Å². The van der Waals surface area contributed by atoms with Crippen LogP contribution < -0.4 is 5.32 Å². The average molecular weight is 237 g/mol. The van der Waals surface area contributed by atoms with Crippen molar-refractivity contribution in [1.29, 1.82) is 0 Å². The summed E-state index contributed by atoms with van der Waals surface area (Å²) in [6, 6.07) is 7.81. The summed E-state index contributed by atoms with van der Waals surface area (Å²) in [5.41, 5.74) is 2.11. The molecule has 94 valence electrons. The lowest BCUT2D eigenvalue weighted by atomic mass is 10.1. The molecular weight excluding hydrogens is 218 g/mol. The predicted molar refractivity (Wildman–Crippen MR) is 65.8 cm³/mol. The van der Waals surface area contributed by atoms with Crippen LogP contribution in [-0.4, -0.2) is 37.4 Å². The van der Waals surface area contributed by atoms with Gasteiger partial charge in [0.05, 0.1) is 19.1 Å². The maximum atomic E-state index is 11.6. The smallest absolute Gasteiger partial charge is 0.224 e. The molecule has 1 atom stereocenters. The van der Waals surface area contributed by atoms with E-state index >= 15 is 0 Å². The van der Waals surface area contributed by atoms with E-state index < -0.39 is 6.10 Å². The fourth-order valence-corrected chi connectivity index (χ4v) is 1.55. The van der Waals surface area contributed by atoms with Crippen molar-refractivity contribution in [1.82, 2.24) is 5.32 Å². The molecular formula is C13H19NO3. The number of rotatable bonds is 6. The molecule has 0 bridgehead atoms. The Hall–Kier alpha value is -1.39. The second-order valence-corrected chi connectivity index (χ2v) is 4.08. The molecule has 4 nitrogen and oxygen atoms in total. The summed E-state index contributed by atoms with van der Waals surface area (Å²) in [4.78, 5) is 11.6. The van der Waals surface area contributed by atoms with E-state index in [0.717, 1.165) is 11.1 Å². The highest BCUT2D eigenvalue weighted by Crippen LogP contribution is 2.04. The third kappa shape index (κ3) is 5.47. The number of aliphatic hydroxyl groups excluding tert-OH is 1. The second kappa shape index (κ2) is 7.04. The normalized spacial score (nSPS) is 12.2. The average Bonchev–Trinajstić information content (AvgIpc) is 2.27. The molecule has 0 radical (unpaired) electrons. The van der Waals surface area contributed by atoms with Gasteiger partial charge in [-0.15, -0.1) is 0 Å². The largest absolute Gasteiger partial charge is 0.389 e. The zero-order valence-electron chi connectivity index (χ0n) is 10.3. The number of hydrogen-bond donors (Lipinski definition) is 2. The molecule has 1 aromatic rings. The van der Waals surface area contributed by atoms with Crippen molar-refractivity contribution in [2.24, 2.45) is 0 Å². The molecule has 0 aromatic heterocycles. The van der Waals surface area contributed by atoms with Gasteiger partial charge in [0.25, 0.3) is 0 Å². The SMILES string of the molecule is COCC(O)CNC(=O)Cc1cccc(C)c1. The van der Waals surface area contributed by atoms with Crippen molar-refractivity contribution < 1.29 is 14.6 Å². The Balaban J connectivity index is 2.34. The second-order valence-electron chi connectivity index (χ2n) is 4.08. The molecule has 1 unspecified atom stereocenters. The molecule has 0 saturated heterocycles. The quantitative estimate of drug-likeness (QED) is 0.764. The van der Waals surface area contributed by atoms with E-state index in [1.807, 2.05) is 31.2 Å². The van der Waals surface area contributed by atoms with Gasteiger partial charge in [0.2, 0.25) is 5.91 Å². The Labute approximate surface area is 102 Å². The number of aryl methyl sites for hydroxylation is 1. The van der Waals surface area contributed by atoms with Crippen LogP contribution in [0.5, 0.6) is 0 Å². The standard InChI is InChI=1S/C13H19NO3/c1-10-4-3-5-11(6-10)7-13(16)14-8-12(15)9-17-2/h3-6,12,15H,7-9H2,1-2H3,(H,14,16). The molecule has 1 amide bonds. The third-order valence-electron chi connectivity index (χ3n) is 2.34. The van der Waals surface area contributed by atoms with Gasteiger partial charge in [-0.1, -0.05) is 29.8 Å². The summed E-state index contributed by atoms with van der Waals surface area (Å²) in [5.74, 6) is -0.0919. The van der Waals surface area contributed by atoms with Crippen molar-refractivity contribution in [3.05, 3.63) is 35.4 Å².